The van der Waals surface area contributed by atoms with E-state index in [0.29, 0.717) is 18.1 Å². The Morgan fingerprint density at radius 3 is 2.27 bits per heavy atom. The van der Waals surface area contributed by atoms with Crippen molar-refractivity contribution in [2.75, 3.05) is 50.8 Å². The summed E-state index contributed by atoms with van der Waals surface area (Å²) in [4.78, 5) is 28.6. The summed E-state index contributed by atoms with van der Waals surface area (Å²) < 4.78 is 12.1. The molecule has 1 heterocycles. The van der Waals surface area contributed by atoms with Crippen LogP contribution in [0.25, 0.3) is 5.69 Å². The fourth-order valence-electron chi connectivity index (χ4n) is 3.44. The predicted octanol–water partition coefficient (Wildman–Crippen LogP) is 5.02. The van der Waals surface area contributed by atoms with Gasteiger partial charge in [-0.3, -0.25) is 4.79 Å². The Morgan fingerprint density at radius 1 is 1.03 bits per heavy atom. The van der Waals surface area contributed by atoms with Gasteiger partial charge in [-0.05, 0) is 54.8 Å². The van der Waals surface area contributed by atoms with Crippen molar-refractivity contribution in [2.24, 2.45) is 0 Å². The summed E-state index contributed by atoms with van der Waals surface area (Å²) in [7, 11) is 3.16. The highest BCUT2D eigenvalue weighted by molar-refractivity contribution is 7.98. The second-order valence-electron chi connectivity index (χ2n) is 9.40. The first-order chi connectivity index (χ1) is 17.6. The molecule has 37 heavy (non-hydrogen) atoms. The summed E-state index contributed by atoms with van der Waals surface area (Å²) >= 11 is 1.62. The second kappa shape index (κ2) is 12.6. The summed E-state index contributed by atoms with van der Waals surface area (Å²) in [5.41, 5.74) is 2.02. The van der Waals surface area contributed by atoms with E-state index in [4.69, 9.17) is 14.6 Å². The number of nitrogens with zero attached hydrogens (tertiary/aromatic N) is 3. The third-order valence-corrected chi connectivity index (χ3v) is 6.33. The standard InChI is InChI=1S/C27H35N5O4S/c1-27(2,3)23-17-24(32(30-23)20-9-11-21(36-5)12-10-20)29-25(33)18-31(15-16-35-4)26(34)28-19-7-13-22(37-6)14-8-19/h7-14,17H,15-16,18H2,1-6H3,(H,28,34)(H,29,33). The molecule has 0 fully saturated rings. The number of carbonyl (C=O) groups is 2. The van der Waals surface area contributed by atoms with Crippen molar-refractivity contribution in [3.63, 3.8) is 0 Å². The van der Waals surface area contributed by atoms with Gasteiger partial charge in [-0.15, -0.1) is 11.8 Å². The van der Waals surface area contributed by atoms with Gasteiger partial charge in [0.1, 0.15) is 18.1 Å². The highest BCUT2D eigenvalue weighted by atomic mass is 32.2. The van der Waals surface area contributed by atoms with Crippen molar-refractivity contribution >= 4 is 35.2 Å². The van der Waals surface area contributed by atoms with Gasteiger partial charge in [0.15, 0.2) is 0 Å². The molecule has 3 amide bonds. The van der Waals surface area contributed by atoms with E-state index in [9.17, 15) is 9.59 Å². The number of methoxy groups -OCH3 is 2. The van der Waals surface area contributed by atoms with Gasteiger partial charge in [0.2, 0.25) is 5.91 Å². The lowest BCUT2D eigenvalue weighted by atomic mass is 9.92. The lowest BCUT2D eigenvalue weighted by Gasteiger charge is -2.22. The third-order valence-electron chi connectivity index (χ3n) is 5.59. The maximum absolute atomic E-state index is 13.1. The minimum atomic E-state index is -0.386. The van der Waals surface area contributed by atoms with Gasteiger partial charge < -0.3 is 25.0 Å². The molecule has 2 aromatic carbocycles. The maximum atomic E-state index is 13.1. The second-order valence-corrected chi connectivity index (χ2v) is 10.3. The van der Waals surface area contributed by atoms with Crippen molar-refractivity contribution in [1.82, 2.24) is 14.7 Å². The number of thioether (sulfide) groups is 1. The Balaban J connectivity index is 1.79. The molecule has 0 spiro atoms. The molecule has 9 nitrogen and oxygen atoms in total. The normalized spacial score (nSPS) is 11.2. The van der Waals surface area contributed by atoms with E-state index in [1.54, 1.807) is 30.7 Å². The third kappa shape index (κ3) is 7.74. The first-order valence-corrected chi connectivity index (χ1v) is 13.1. The summed E-state index contributed by atoms with van der Waals surface area (Å²) in [5, 5.41) is 10.5. The number of urea groups is 1. The fourth-order valence-corrected chi connectivity index (χ4v) is 3.85. The molecule has 3 aromatic rings. The van der Waals surface area contributed by atoms with Crippen LogP contribution in [0.3, 0.4) is 0 Å². The molecule has 0 unspecified atom stereocenters. The van der Waals surface area contributed by atoms with E-state index in [2.05, 4.69) is 31.4 Å². The first-order valence-electron chi connectivity index (χ1n) is 11.9. The molecule has 0 aliphatic carbocycles. The number of amides is 3. The monoisotopic (exact) mass is 525 g/mol. The van der Waals surface area contributed by atoms with Gasteiger partial charge in [-0.2, -0.15) is 5.10 Å². The molecule has 0 atom stereocenters. The molecule has 0 bridgehead atoms. The summed E-state index contributed by atoms with van der Waals surface area (Å²) in [6.45, 7) is 6.57. The highest BCUT2D eigenvalue weighted by Crippen LogP contribution is 2.27. The van der Waals surface area contributed by atoms with Crippen molar-refractivity contribution in [3.05, 3.63) is 60.3 Å². The fraction of sp³-hybridized carbons (Fsp3) is 0.370. The number of aromatic nitrogens is 2. The van der Waals surface area contributed by atoms with Crippen molar-refractivity contribution < 1.29 is 19.1 Å². The molecule has 0 aliphatic heterocycles. The maximum Gasteiger partial charge on any atom is 0.322 e. The van der Waals surface area contributed by atoms with Crippen LogP contribution in [0.15, 0.2) is 59.5 Å². The highest BCUT2D eigenvalue weighted by Gasteiger charge is 2.23. The molecule has 0 saturated heterocycles. The minimum absolute atomic E-state index is 0.156. The van der Waals surface area contributed by atoms with Crippen molar-refractivity contribution in [2.45, 2.75) is 31.1 Å². The Morgan fingerprint density at radius 2 is 1.70 bits per heavy atom. The molecular weight excluding hydrogens is 490 g/mol. The van der Waals surface area contributed by atoms with Crippen LogP contribution in [-0.4, -0.2) is 66.8 Å². The first kappa shape index (κ1) is 28.1. The number of ether oxygens (including phenoxy) is 2. The number of hydrogen-bond acceptors (Lipinski definition) is 6. The zero-order chi connectivity index (χ0) is 27.0. The lowest BCUT2D eigenvalue weighted by molar-refractivity contribution is -0.116. The van der Waals surface area contributed by atoms with Gasteiger partial charge in [-0.25, -0.2) is 9.48 Å². The van der Waals surface area contributed by atoms with Crippen LogP contribution >= 0.6 is 11.8 Å². The lowest BCUT2D eigenvalue weighted by Crippen LogP contribution is -2.42. The van der Waals surface area contributed by atoms with Gasteiger partial charge in [-0.1, -0.05) is 20.8 Å². The number of carbonyl (C=O) groups excluding carboxylic acids is 2. The molecular formula is C27H35N5O4S. The van der Waals surface area contributed by atoms with E-state index < -0.39 is 0 Å². The van der Waals surface area contributed by atoms with E-state index in [-0.39, 0.29) is 30.4 Å². The van der Waals surface area contributed by atoms with Gasteiger partial charge in [0.25, 0.3) is 0 Å². The van der Waals surface area contributed by atoms with Crippen LogP contribution in [0.1, 0.15) is 26.5 Å². The average Bonchev–Trinajstić information content (AvgIpc) is 3.31. The Labute approximate surface area is 222 Å². The van der Waals surface area contributed by atoms with Gasteiger partial charge in [0.05, 0.1) is 25.1 Å². The summed E-state index contributed by atoms with van der Waals surface area (Å²) in [6.07, 6.45) is 1.99. The molecule has 3 rings (SSSR count). The van der Waals surface area contributed by atoms with Crippen LogP contribution in [0.2, 0.25) is 0 Å². The smallest absolute Gasteiger partial charge is 0.322 e. The van der Waals surface area contributed by atoms with Crippen LogP contribution in [0.5, 0.6) is 5.75 Å². The number of nitrogens with one attached hydrogen (secondary N) is 2. The summed E-state index contributed by atoms with van der Waals surface area (Å²) in [5.74, 6) is 0.888. The summed E-state index contributed by atoms with van der Waals surface area (Å²) in [6, 6.07) is 16.4. The molecule has 2 N–H and O–H groups in total. The van der Waals surface area contributed by atoms with Crippen molar-refractivity contribution in [1.29, 1.82) is 0 Å². The van der Waals surface area contributed by atoms with E-state index in [1.807, 2.05) is 60.9 Å². The van der Waals surface area contributed by atoms with Crippen LogP contribution in [-0.2, 0) is 14.9 Å². The quantitative estimate of drug-likeness (QED) is 0.361. The average molecular weight is 526 g/mol. The molecule has 198 valence electrons. The molecule has 0 radical (unpaired) electrons. The molecule has 0 saturated carbocycles. The number of hydrogen-bond donors (Lipinski definition) is 2. The van der Waals surface area contributed by atoms with Crippen LogP contribution < -0.4 is 15.4 Å². The minimum Gasteiger partial charge on any atom is -0.497 e. The number of benzene rings is 2. The Hall–Kier alpha value is -3.50. The van der Waals surface area contributed by atoms with E-state index >= 15 is 0 Å². The zero-order valence-corrected chi connectivity index (χ0v) is 23.0. The molecule has 0 aliphatic rings. The largest absolute Gasteiger partial charge is 0.497 e. The SMILES string of the molecule is COCCN(CC(=O)Nc1cc(C(C)(C)C)nn1-c1ccc(OC)cc1)C(=O)Nc1ccc(SC)cc1. The number of anilines is 2. The van der Waals surface area contributed by atoms with Crippen molar-refractivity contribution in [3.8, 4) is 11.4 Å². The van der Waals surface area contributed by atoms with E-state index in [1.165, 1.54) is 4.90 Å². The predicted molar refractivity (Wildman–Crippen MR) is 148 cm³/mol. The van der Waals surface area contributed by atoms with Crippen LogP contribution in [0, 0.1) is 0 Å². The zero-order valence-electron chi connectivity index (χ0n) is 22.2. The number of rotatable bonds is 10. The molecule has 10 heteroatoms. The molecule has 1 aromatic heterocycles. The van der Waals surface area contributed by atoms with E-state index in [0.717, 1.165) is 22.0 Å². The van der Waals surface area contributed by atoms with Gasteiger partial charge in [0, 0.05) is 35.7 Å². The van der Waals surface area contributed by atoms with Crippen LogP contribution in [0.4, 0.5) is 16.3 Å². The Kier molecular flexibility index (Phi) is 9.60. The van der Waals surface area contributed by atoms with Gasteiger partial charge >= 0.3 is 6.03 Å². The topological polar surface area (TPSA) is 97.7 Å². The Bertz CT molecular complexity index is 1190.